The van der Waals surface area contributed by atoms with Gasteiger partial charge in [0.1, 0.15) is 5.82 Å². The van der Waals surface area contributed by atoms with Gasteiger partial charge in [-0.2, -0.15) is 0 Å². The van der Waals surface area contributed by atoms with Gasteiger partial charge in [0.2, 0.25) is 0 Å². The fourth-order valence-electron chi connectivity index (χ4n) is 1.96. The van der Waals surface area contributed by atoms with Gasteiger partial charge in [0.25, 0.3) is 0 Å². The van der Waals surface area contributed by atoms with E-state index in [2.05, 4.69) is 60.1 Å². The highest BCUT2D eigenvalue weighted by Gasteiger charge is 2.09. The van der Waals surface area contributed by atoms with Gasteiger partial charge in [0.05, 0.1) is 0 Å². The van der Waals surface area contributed by atoms with Crippen molar-refractivity contribution in [3.8, 4) is 0 Å². The van der Waals surface area contributed by atoms with Crippen LogP contribution in [0.25, 0.3) is 0 Å². The first-order chi connectivity index (χ1) is 9.94. The fraction of sp³-hybridized carbons (Fsp3) is 0.412. The van der Waals surface area contributed by atoms with E-state index in [1.807, 2.05) is 30.7 Å². The van der Waals surface area contributed by atoms with E-state index in [1.54, 1.807) is 0 Å². The van der Waals surface area contributed by atoms with Crippen molar-refractivity contribution in [3.05, 3.63) is 54.0 Å². The first kappa shape index (κ1) is 15.4. The lowest BCUT2D eigenvalue weighted by molar-refractivity contribution is 0.424. The molecule has 0 unspecified atom stereocenters. The molecule has 0 aliphatic rings. The monoisotopic (exact) mass is 284 g/mol. The topological polar surface area (TPSA) is 41.1 Å². The summed E-state index contributed by atoms with van der Waals surface area (Å²) in [4.78, 5) is 10.7. The Labute approximate surface area is 127 Å². The Bertz CT molecular complexity index is 543. The standard InChI is InChI=1S/C17H24N4/c1-17(2,3)20-12-15-5-6-16(19-11-15)21(4)13-14-7-9-18-10-8-14/h5-11,20H,12-13H2,1-4H3. The van der Waals surface area contributed by atoms with E-state index in [9.17, 15) is 0 Å². The smallest absolute Gasteiger partial charge is 0.128 e. The summed E-state index contributed by atoms with van der Waals surface area (Å²) in [6.07, 6.45) is 5.58. The Hall–Kier alpha value is -1.94. The lowest BCUT2D eigenvalue weighted by Crippen LogP contribution is -2.35. The maximum absolute atomic E-state index is 4.55. The van der Waals surface area contributed by atoms with Crippen LogP contribution in [0, 0.1) is 0 Å². The van der Waals surface area contributed by atoms with E-state index in [-0.39, 0.29) is 5.54 Å². The van der Waals surface area contributed by atoms with Gasteiger partial charge in [-0.25, -0.2) is 4.98 Å². The van der Waals surface area contributed by atoms with E-state index in [0.29, 0.717) is 0 Å². The molecule has 2 aromatic heterocycles. The van der Waals surface area contributed by atoms with E-state index in [4.69, 9.17) is 0 Å². The zero-order valence-corrected chi connectivity index (χ0v) is 13.3. The molecule has 2 heterocycles. The van der Waals surface area contributed by atoms with Crippen LogP contribution in [0.1, 0.15) is 31.9 Å². The SMILES string of the molecule is CN(Cc1ccncc1)c1ccc(CNC(C)(C)C)cn1. The Morgan fingerprint density at radius 2 is 1.76 bits per heavy atom. The van der Waals surface area contributed by atoms with Crippen LogP contribution >= 0.6 is 0 Å². The fourth-order valence-corrected chi connectivity index (χ4v) is 1.96. The third-order valence-electron chi connectivity index (χ3n) is 3.19. The Morgan fingerprint density at radius 3 is 2.33 bits per heavy atom. The molecule has 2 aromatic rings. The number of aromatic nitrogens is 2. The molecule has 1 N–H and O–H groups in total. The van der Waals surface area contributed by atoms with Crippen molar-refractivity contribution in [2.24, 2.45) is 0 Å². The van der Waals surface area contributed by atoms with Crippen molar-refractivity contribution >= 4 is 5.82 Å². The third kappa shape index (κ3) is 5.16. The van der Waals surface area contributed by atoms with Crippen molar-refractivity contribution in [1.29, 1.82) is 0 Å². The zero-order valence-electron chi connectivity index (χ0n) is 13.3. The van der Waals surface area contributed by atoms with Crippen LogP contribution in [0.15, 0.2) is 42.9 Å². The number of hydrogen-bond donors (Lipinski definition) is 1. The van der Waals surface area contributed by atoms with Gasteiger partial charge in [-0.15, -0.1) is 0 Å². The van der Waals surface area contributed by atoms with Gasteiger partial charge in [0, 0.05) is 44.3 Å². The minimum atomic E-state index is 0.122. The molecule has 0 saturated carbocycles. The maximum Gasteiger partial charge on any atom is 0.128 e. The maximum atomic E-state index is 4.55. The molecular formula is C17H24N4. The Morgan fingerprint density at radius 1 is 1.05 bits per heavy atom. The molecular weight excluding hydrogens is 260 g/mol. The third-order valence-corrected chi connectivity index (χ3v) is 3.19. The van der Waals surface area contributed by atoms with E-state index >= 15 is 0 Å². The number of nitrogens with zero attached hydrogens (tertiary/aromatic N) is 3. The van der Waals surface area contributed by atoms with Crippen LogP contribution in [-0.4, -0.2) is 22.6 Å². The molecule has 0 aliphatic carbocycles. The quantitative estimate of drug-likeness (QED) is 0.916. The molecule has 0 fully saturated rings. The van der Waals surface area contributed by atoms with Gasteiger partial charge in [-0.1, -0.05) is 6.07 Å². The van der Waals surface area contributed by atoms with Crippen LogP contribution in [-0.2, 0) is 13.1 Å². The van der Waals surface area contributed by atoms with Gasteiger partial charge in [0.15, 0.2) is 0 Å². The number of rotatable bonds is 5. The summed E-state index contributed by atoms with van der Waals surface area (Å²) >= 11 is 0. The molecule has 0 aromatic carbocycles. The van der Waals surface area contributed by atoms with E-state index in [1.165, 1.54) is 11.1 Å². The molecule has 4 nitrogen and oxygen atoms in total. The summed E-state index contributed by atoms with van der Waals surface area (Å²) in [6, 6.07) is 8.25. The average Bonchev–Trinajstić information content (AvgIpc) is 2.46. The predicted octanol–water partition coefficient (Wildman–Crippen LogP) is 3.00. The van der Waals surface area contributed by atoms with Crippen molar-refractivity contribution < 1.29 is 0 Å². The summed E-state index contributed by atoms with van der Waals surface area (Å²) in [5.74, 6) is 0.978. The van der Waals surface area contributed by atoms with Crippen LogP contribution in [0.2, 0.25) is 0 Å². The first-order valence-corrected chi connectivity index (χ1v) is 7.24. The minimum Gasteiger partial charge on any atom is -0.355 e. The Kier molecular flexibility index (Phi) is 4.91. The summed E-state index contributed by atoms with van der Waals surface area (Å²) in [5, 5.41) is 3.47. The lowest BCUT2D eigenvalue weighted by Gasteiger charge is -2.21. The summed E-state index contributed by atoms with van der Waals surface area (Å²) < 4.78 is 0. The minimum absolute atomic E-state index is 0.122. The van der Waals surface area contributed by atoms with Crippen LogP contribution in [0.3, 0.4) is 0 Å². The molecule has 0 saturated heterocycles. The molecule has 0 atom stereocenters. The van der Waals surface area contributed by atoms with Crippen LogP contribution < -0.4 is 10.2 Å². The number of nitrogens with one attached hydrogen (secondary N) is 1. The molecule has 21 heavy (non-hydrogen) atoms. The summed E-state index contributed by atoms with van der Waals surface area (Å²) in [5.41, 5.74) is 2.55. The van der Waals surface area contributed by atoms with Crippen molar-refractivity contribution in [2.45, 2.75) is 39.4 Å². The predicted molar refractivity (Wildman–Crippen MR) is 87.2 cm³/mol. The molecule has 0 radical (unpaired) electrons. The number of hydrogen-bond acceptors (Lipinski definition) is 4. The van der Waals surface area contributed by atoms with E-state index < -0.39 is 0 Å². The average molecular weight is 284 g/mol. The molecule has 0 spiro atoms. The van der Waals surface area contributed by atoms with Gasteiger partial charge in [-0.05, 0) is 50.1 Å². The van der Waals surface area contributed by atoms with Crippen LogP contribution in [0.4, 0.5) is 5.82 Å². The molecule has 0 aliphatic heterocycles. The second kappa shape index (κ2) is 6.68. The Balaban J connectivity index is 1.95. The first-order valence-electron chi connectivity index (χ1n) is 7.24. The van der Waals surface area contributed by atoms with Crippen molar-refractivity contribution in [1.82, 2.24) is 15.3 Å². The molecule has 0 amide bonds. The molecule has 2 rings (SSSR count). The van der Waals surface area contributed by atoms with Crippen molar-refractivity contribution in [2.75, 3.05) is 11.9 Å². The highest BCUT2D eigenvalue weighted by molar-refractivity contribution is 5.39. The van der Waals surface area contributed by atoms with E-state index in [0.717, 1.165) is 18.9 Å². The largest absolute Gasteiger partial charge is 0.355 e. The normalized spacial score (nSPS) is 11.4. The summed E-state index contributed by atoms with van der Waals surface area (Å²) in [6.45, 7) is 8.16. The second-order valence-corrected chi connectivity index (χ2v) is 6.34. The number of pyridine rings is 2. The van der Waals surface area contributed by atoms with Gasteiger partial charge >= 0.3 is 0 Å². The zero-order chi connectivity index (χ0) is 15.3. The number of anilines is 1. The molecule has 0 bridgehead atoms. The highest BCUT2D eigenvalue weighted by atomic mass is 15.2. The van der Waals surface area contributed by atoms with Crippen molar-refractivity contribution in [3.63, 3.8) is 0 Å². The highest BCUT2D eigenvalue weighted by Crippen LogP contribution is 2.13. The van der Waals surface area contributed by atoms with Crippen LogP contribution in [0.5, 0.6) is 0 Å². The van der Waals surface area contributed by atoms with Gasteiger partial charge < -0.3 is 10.2 Å². The lowest BCUT2D eigenvalue weighted by atomic mass is 10.1. The molecule has 4 heteroatoms. The molecule has 112 valence electrons. The van der Waals surface area contributed by atoms with Gasteiger partial charge in [-0.3, -0.25) is 4.98 Å². The second-order valence-electron chi connectivity index (χ2n) is 6.34. The summed E-state index contributed by atoms with van der Waals surface area (Å²) in [7, 11) is 2.05.